The maximum Gasteiger partial charge on any atom is 0.314 e. The first-order valence-corrected chi connectivity index (χ1v) is 7.89. The van der Waals surface area contributed by atoms with E-state index in [1.54, 1.807) is 0 Å². The monoisotopic (exact) mass is 338 g/mol. The highest BCUT2D eigenvalue weighted by Crippen LogP contribution is 2.47. The van der Waals surface area contributed by atoms with Crippen molar-refractivity contribution in [3.63, 3.8) is 0 Å². The third-order valence-corrected chi connectivity index (χ3v) is 5.12. The summed E-state index contributed by atoms with van der Waals surface area (Å²) in [6.45, 7) is 4.11. The normalized spacial score (nSPS) is 22.4. The molecule has 1 heterocycles. The van der Waals surface area contributed by atoms with E-state index in [1.807, 2.05) is 12.1 Å². The average molecular weight is 339 g/mol. The zero-order chi connectivity index (χ0) is 14.5. The van der Waals surface area contributed by atoms with Crippen LogP contribution in [0.5, 0.6) is 5.75 Å². The van der Waals surface area contributed by atoms with Crippen LogP contribution in [0.4, 0.5) is 0 Å². The van der Waals surface area contributed by atoms with Crippen LogP contribution in [0.3, 0.4) is 0 Å². The third kappa shape index (κ3) is 2.05. The van der Waals surface area contributed by atoms with Crippen molar-refractivity contribution in [3.05, 3.63) is 27.7 Å². The highest BCUT2D eigenvalue weighted by molar-refractivity contribution is 9.10. The maximum atomic E-state index is 11.8. The molecule has 1 aliphatic carbocycles. The molecule has 0 unspecified atom stereocenters. The van der Waals surface area contributed by atoms with Gasteiger partial charge in [0.05, 0.1) is 9.89 Å². The molecule has 1 N–H and O–H groups in total. The van der Waals surface area contributed by atoms with Gasteiger partial charge in [0.2, 0.25) is 0 Å². The number of rotatable bonds is 2. The lowest BCUT2D eigenvalue weighted by Gasteiger charge is -2.25. The van der Waals surface area contributed by atoms with Gasteiger partial charge in [-0.3, -0.25) is 4.79 Å². The lowest BCUT2D eigenvalue weighted by atomic mass is 9.78. The van der Waals surface area contributed by atoms with Crippen molar-refractivity contribution in [1.29, 1.82) is 0 Å². The molecular formula is C16H19BrO3. The van der Waals surface area contributed by atoms with Crippen LogP contribution in [-0.2, 0) is 16.6 Å². The summed E-state index contributed by atoms with van der Waals surface area (Å²) < 4.78 is 6.82. The number of fused-ring (bicyclic) bond motifs is 1. The van der Waals surface area contributed by atoms with E-state index < -0.39 is 11.4 Å². The predicted octanol–water partition coefficient (Wildman–Crippen LogP) is 4.06. The van der Waals surface area contributed by atoms with E-state index in [-0.39, 0.29) is 5.60 Å². The smallest absolute Gasteiger partial charge is 0.314 e. The molecule has 0 bridgehead atoms. The number of aliphatic carboxylic acids is 1. The molecule has 1 fully saturated rings. The van der Waals surface area contributed by atoms with Crippen molar-refractivity contribution in [1.82, 2.24) is 0 Å². The Morgan fingerprint density at radius 3 is 2.55 bits per heavy atom. The van der Waals surface area contributed by atoms with Crippen molar-refractivity contribution in [2.45, 2.75) is 57.0 Å². The molecule has 3 nitrogen and oxygen atoms in total. The molecule has 20 heavy (non-hydrogen) atoms. The average Bonchev–Trinajstić information content (AvgIpc) is 2.92. The minimum atomic E-state index is -0.704. The first-order valence-electron chi connectivity index (χ1n) is 7.09. The second-order valence-corrected chi connectivity index (χ2v) is 7.43. The van der Waals surface area contributed by atoms with Crippen molar-refractivity contribution in [3.8, 4) is 5.75 Å². The van der Waals surface area contributed by atoms with E-state index in [9.17, 15) is 9.90 Å². The number of carboxylic acids is 1. The molecule has 108 valence electrons. The third-order valence-electron chi connectivity index (χ3n) is 4.53. The number of carbonyl (C=O) groups is 1. The Hall–Kier alpha value is -1.03. The summed E-state index contributed by atoms with van der Waals surface area (Å²) in [6, 6.07) is 3.99. The van der Waals surface area contributed by atoms with Gasteiger partial charge in [-0.15, -0.1) is 0 Å². The molecular weight excluding hydrogens is 320 g/mol. The Labute approximate surface area is 127 Å². The first kappa shape index (κ1) is 13.9. The van der Waals surface area contributed by atoms with Crippen LogP contribution in [0.1, 0.15) is 50.7 Å². The first-order chi connectivity index (χ1) is 9.34. The van der Waals surface area contributed by atoms with Gasteiger partial charge in [-0.05, 0) is 59.8 Å². The Kier molecular flexibility index (Phi) is 3.12. The summed E-state index contributed by atoms with van der Waals surface area (Å²) in [6.07, 6.45) is 4.27. The van der Waals surface area contributed by atoms with E-state index in [0.717, 1.165) is 53.5 Å². The van der Waals surface area contributed by atoms with Crippen LogP contribution >= 0.6 is 15.9 Å². The van der Waals surface area contributed by atoms with Crippen LogP contribution in [-0.4, -0.2) is 16.7 Å². The molecule has 1 aliphatic heterocycles. The summed E-state index contributed by atoms with van der Waals surface area (Å²) in [5.41, 5.74) is 1.13. The van der Waals surface area contributed by atoms with Gasteiger partial charge in [-0.25, -0.2) is 0 Å². The lowest BCUT2D eigenvalue weighted by Crippen LogP contribution is -2.32. The molecule has 0 radical (unpaired) electrons. The van der Waals surface area contributed by atoms with Crippen LogP contribution in [0.2, 0.25) is 0 Å². The Balaban J connectivity index is 2.09. The number of hydrogen-bond acceptors (Lipinski definition) is 2. The lowest BCUT2D eigenvalue weighted by molar-refractivity contribution is -0.143. The molecule has 3 rings (SSSR count). The predicted molar refractivity (Wildman–Crippen MR) is 80.3 cm³/mol. The fourth-order valence-corrected chi connectivity index (χ4v) is 4.13. The van der Waals surface area contributed by atoms with Crippen LogP contribution in [0.15, 0.2) is 16.6 Å². The van der Waals surface area contributed by atoms with E-state index >= 15 is 0 Å². The molecule has 0 spiro atoms. The number of hydrogen-bond donors (Lipinski definition) is 1. The summed E-state index contributed by atoms with van der Waals surface area (Å²) in [7, 11) is 0. The number of benzene rings is 1. The largest absolute Gasteiger partial charge is 0.486 e. The summed E-state index contributed by atoms with van der Waals surface area (Å²) in [5.74, 6) is 0.178. The zero-order valence-electron chi connectivity index (χ0n) is 11.8. The van der Waals surface area contributed by atoms with Crippen LogP contribution in [0.25, 0.3) is 0 Å². The fourth-order valence-electron chi connectivity index (χ4n) is 3.55. The van der Waals surface area contributed by atoms with Gasteiger partial charge in [-0.2, -0.15) is 0 Å². The number of halogens is 1. The fraction of sp³-hybridized carbons (Fsp3) is 0.562. The van der Waals surface area contributed by atoms with Gasteiger partial charge in [-0.1, -0.05) is 18.9 Å². The van der Waals surface area contributed by atoms with Crippen molar-refractivity contribution in [2.24, 2.45) is 0 Å². The molecule has 1 aromatic rings. The summed E-state index contributed by atoms with van der Waals surface area (Å²) in [5, 5.41) is 9.71. The highest BCUT2D eigenvalue weighted by Gasteiger charge is 2.44. The van der Waals surface area contributed by atoms with Gasteiger partial charge in [0.25, 0.3) is 0 Å². The Bertz CT molecular complexity index is 571. The van der Waals surface area contributed by atoms with Crippen LogP contribution in [0, 0.1) is 0 Å². The topological polar surface area (TPSA) is 46.5 Å². The maximum absolute atomic E-state index is 11.8. The minimum absolute atomic E-state index is 0.213. The van der Waals surface area contributed by atoms with Crippen molar-refractivity contribution in [2.75, 3.05) is 0 Å². The standard InChI is InChI=1S/C16H19BrO3/c1-15(2)9-10-7-11(8-12(17)13(10)20-15)16(14(18)19)5-3-4-6-16/h7-8H,3-6,9H2,1-2H3,(H,18,19). The molecule has 2 aliphatic rings. The molecule has 1 aromatic carbocycles. The Morgan fingerprint density at radius 1 is 1.30 bits per heavy atom. The Morgan fingerprint density at radius 2 is 1.95 bits per heavy atom. The SMILES string of the molecule is CC1(C)Cc2cc(C3(C(=O)O)CCCC3)cc(Br)c2O1. The summed E-state index contributed by atoms with van der Waals surface area (Å²) >= 11 is 3.55. The minimum Gasteiger partial charge on any atom is -0.486 e. The van der Waals surface area contributed by atoms with Crippen molar-refractivity contribution >= 4 is 21.9 Å². The molecule has 1 saturated carbocycles. The quantitative estimate of drug-likeness (QED) is 0.884. The van der Waals surface area contributed by atoms with Gasteiger partial charge in [0.1, 0.15) is 11.4 Å². The van der Waals surface area contributed by atoms with E-state index in [2.05, 4.69) is 29.8 Å². The van der Waals surface area contributed by atoms with Gasteiger partial charge < -0.3 is 9.84 Å². The van der Waals surface area contributed by atoms with Gasteiger partial charge in [0.15, 0.2) is 0 Å². The van der Waals surface area contributed by atoms with Crippen LogP contribution < -0.4 is 4.74 Å². The summed E-state index contributed by atoms with van der Waals surface area (Å²) in [4.78, 5) is 11.8. The second kappa shape index (κ2) is 4.48. The zero-order valence-corrected chi connectivity index (χ0v) is 13.4. The molecule has 4 heteroatoms. The molecule has 0 atom stereocenters. The van der Waals surface area contributed by atoms with Crippen molar-refractivity contribution < 1.29 is 14.6 Å². The number of carboxylic acid groups (broad SMARTS) is 1. The molecule has 0 amide bonds. The van der Waals surface area contributed by atoms with E-state index in [4.69, 9.17) is 4.74 Å². The molecule has 0 saturated heterocycles. The van der Waals surface area contributed by atoms with E-state index in [1.165, 1.54) is 0 Å². The van der Waals surface area contributed by atoms with Gasteiger partial charge >= 0.3 is 5.97 Å². The van der Waals surface area contributed by atoms with Gasteiger partial charge in [0, 0.05) is 6.42 Å². The number of ether oxygens (including phenoxy) is 1. The molecule has 0 aromatic heterocycles. The van der Waals surface area contributed by atoms with E-state index in [0.29, 0.717) is 0 Å². The highest BCUT2D eigenvalue weighted by atomic mass is 79.9. The second-order valence-electron chi connectivity index (χ2n) is 6.58.